The van der Waals surface area contributed by atoms with Gasteiger partial charge in [-0.2, -0.15) is 0 Å². The van der Waals surface area contributed by atoms with Crippen LogP contribution in [0, 0.1) is 5.92 Å². The first kappa shape index (κ1) is 17.6. The number of aliphatic hydroxyl groups is 1. The number of hydrogen-bond acceptors (Lipinski definition) is 6. The van der Waals surface area contributed by atoms with Gasteiger partial charge in [-0.3, -0.25) is 0 Å². The highest BCUT2D eigenvalue weighted by molar-refractivity contribution is 7.32. The van der Waals surface area contributed by atoms with Gasteiger partial charge in [0.1, 0.15) is 6.61 Å². The van der Waals surface area contributed by atoms with Crippen molar-refractivity contribution in [3.8, 4) is 0 Å². The molecule has 0 aromatic rings. The van der Waals surface area contributed by atoms with Crippen LogP contribution in [0.25, 0.3) is 0 Å². The van der Waals surface area contributed by atoms with E-state index in [-0.39, 0.29) is 18.6 Å². The largest absolute Gasteiger partial charge is 0.694 e. The van der Waals surface area contributed by atoms with Gasteiger partial charge in [-0.15, -0.1) is 9.42 Å². The van der Waals surface area contributed by atoms with Crippen molar-refractivity contribution in [1.82, 2.24) is 0 Å². The van der Waals surface area contributed by atoms with Crippen LogP contribution in [0.4, 0.5) is 0 Å². The van der Waals surface area contributed by atoms with Gasteiger partial charge in [0.25, 0.3) is 0 Å². The van der Waals surface area contributed by atoms with Gasteiger partial charge in [0, 0.05) is 4.57 Å². The van der Waals surface area contributed by atoms with Crippen LogP contribution in [0.2, 0.25) is 0 Å². The topological polar surface area (TPSA) is 128 Å². The summed E-state index contributed by atoms with van der Waals surface area (Å²) in [6, 6.07) is -0.747. The highest BCUT2D eigenvalue weighted by Gasteiger charge is 2.19. The first-order valence-corrected chi connectivity index (χ1v) is 6.76. The fraction of sp³-hybridized carbons (Fsp3) is 0.800. The Morgan fingerprint density at radius 1 is 1.39 bits per heavy atom. The molecule has 5 atom stereocenters. The predicted octanol–water partition coefficient (Wildman–Crippen LogP) is 0.202. The molecule has 3 unspecified atom stereocenters. The lowest BCUT2D eigenvalue weighted by molar-refractivity contribution is 0.0542. The van der Waals surface area contributed by atoms with Gasteiger partial charge < -0.3 is 15.7 Å². The van der Waals surface area contributed by atoms with Gasteiger partial charge in [0.2, 0.25) is 0 Å². The number of allylic oxidation sites excluding steroid dienone is 1. The molecule has 8 heteroatoms. The summed E-state index contributed by atoms with van der Waals surface area (Å²) in [5, 5.41) is 9.65. The Hall–Kier alpha value is -0.400. The molecule has 0 heterocycles. The molecule has 0 spiro atoms. The lowest BCUT2D eigenvalue weighted by Crippen LogP contribution is -2.37. The van der Waals surface area contributed by atoms with Crippen molar-refractivity contribution in [1.29, 1.82) is 0 Å². The van der Waals surface area contributed by atoms with Crippen LogP contribution in [0.15, 0.2) is 12.2 Å². The molecule has 0 aromatic carbocycles. The summed E-state index contributed by atoms with van der Waals surface area (Å²) >= 11 is 0. The van der Waals surface area contributed by atoms with E-state index in [2.05, 4.69) is 9.36 Å². The van der Waals surface area contributed by atoms with Crippen LogP contribution in [0.3, 0.4) is 0 Å². The summed E-state index contributed by atoms with van der Waals surface area (Å²) < 4.78 is 14.7. The molecule has 0 aromatic heterocycles. The highest BCUT2D eigenvalue weighted by Crippen LogP contribution is 2.15. The third kappa shape index (κ3) is 8.66. The van der Waals surface area contributed by atoms with E-state index in [1.807, 2.05) is 13.8 Å². The molecule has 0 rings (SSSR count). The lowest BCUT2D eigenvalue weighted by atomic mass is 10.0. The molecule has 0 amide bonds. The van der Waals surface area contributed by atoms with Crippen molar-refractivity contribution in [3.05, 3.63) is 12.2 Å². The molecular formula is C10H22N2O5P+. The normalized spacial score (nSPS) is 19.6. The standard InChI is InChI=1S/C10H21N2O5P/c1-7(5-8(2)17-12)3-4-10(13)9(11)6-16-18(14)15/h3-4,7-10,13H,5-6,11-12H2,1-2H3/p+1/b4-3+/t7?,8?,9-,10+/m0/s1. The van der Waals surface area contributed by atoms with E-state index >= 15 is 0 Å². The Bertz CT molecular complexity index is 277. The molecule has 0 saturated heterocycles. The smallest absolute Gasteiger partial charge is 0.387 e. The molecule has 0 saturated carbocycles. The molecule has 6 N–H and O–H groups in total. The molecule has 106 valence electrons. The number of aliphatic hydroxyl groups excluding tert-OH is 1. The second-order valence-corrected chi connectivity index (χ2v) is 4.97. The Balaban J connectivity index is 4.04. The molecule has 0 bridgehead atoms. The van der Waals surface area contributed by atoms with Gasteiger partial charge in [0.05, 0.1) is 18.2 Å². The van der Waals surface area contributed by atoms with Crippen molar-refractivity contribution in [2.24, 2.45) is 17.5 Å². The van der Waals surface area contributed by atoms with Crippen molar-refractivity contribution < 1.29 is 23.9 Å². The van der Waals surface area contributed by atoms with Crippen LogP contribution in [0.1, 0.15) is 20.3 Å². The zero-order valence-electron chi connectivity index (χ0n) is 10.6. The fourth-order valence-corrected chi connectivity index (χ4v) is 1.65. The van der Waals surface area contributed by atoms with Crippen LogP contribution in [-0.2, 0) is 13.9 Å². The van der Waals surface area contributed by atoms with E-state index in [4.69, 9.17) is 16.5 Å². The first-order chi connectivity index (χ1) is 8.36. The third-order valence-electron chi connectivity index (χ3n) is 2.39. The van der Waals surface area contributed by atoms with Crippen molar-refractivity contribution in [2.45, 2.75) is 38.5 Å². The quantitative estimate of drug-likeness (QED) is 0.270. The van der Waals surface area contributed by atoms with Crippen molar-refractivity contribution in [3.63, 3.8) is 0 Å². The highest BCUT2D eigenvalue weighted by atomic mass is 31.1. The molecule has 0 aliphatic rings. The Morgan fingerprint density at radius 3 is 2.50 bits per heavy atom. The number of nitrogens with two attached hydrogens (primary N) is 2. The maximum absolute atomic E-state index is 10.3. The maximum atomic E-state index is 10.3. The molecule has 18 heavy (non-hydrogen) atoms. The molecular weight excluding hydrogens is 259 g/mol. The van der Waals surface area contributed by atoms with Crippen LogP contribution >= 0.6 is 8.25 Å². The molecule has 0 fully saturated rings. The fourth-order valence-electron chi connectivity index (χ4n) is 1.35. The van der Waals surface area contributed by atoms with E-state index in [9.17, 15) is 9.67 Å². The third-order valence-corrected chi connectivity index (χ3v) is 2.76. The summed E-state index contributed by atoms with van der Waals surface area (Å²) in [4.78, 5) is 13.1. The molecule has 7 nitrogen and oxygen atoms in total. The summed E-state index contributed by atoms with van der Waals surface area (Å²) in [5.74, 6) is 5.20. The average molecular weight is 281 g/mol. The van der Waals surface area contributed by atoms with Gasteiger partial charge in [0.15, 0.2) is 0 Å². The van der Waals surface area contributed by atoms with Crippen LogP contribution in [-0.4, -0.2) is 34.9 Å². The monoisotopic (exact) mass is 281 g/mol. The van der Waals surface area contributed by atoms with E-state index in [1.165, 1.54) is 6.08 Å². The average Bonchev–Trinajstić information content (AvgIpc) is 2.32. The Labute approximate surface area is 108 Å². The minimum absolute atomic E-state index is 0.0720. The summed E-state index contributed by atoms with van der Waals surface area (Å²) in [5.41, 5.74) is 5.57. The van der Waals surface area contributed by atoms with E-state index in [0.29, 0.717) is 6.42 Å². The van der Waals surface area contributed by atoms with E-state index < -0.39 is 20.4 Å². The second kappa shape index (κ2) is 9.52. The molecule has 0 aliphatic heterocycles. The van der Waals surface area contributed by atoms with Crippen molar-refractivity contribution >= 4 is 8.25 Å². The summed E-state index contributed by atoms with van der Waals surface area (Å²) in [6.45, 7) is 3.61. The Kier molecular flexibility index (Phi) is 9.31. The number of hydrogen-bond donors (Lipinski definition) is 4. The summed E-state index contributed by atoms with van der Waals surface area (Å²) in [6.07, 6.45) is 3.04. The van der Waals surface area contributed by atoms with E-state index in [1.54, 1.807) is 6.08 Å². The Morgan fingerprint density at radius 2 is 2.00 bits per heavy atom. The van der Waals surface area contributed by atoms with E-state index in [0.717, 1.165) is 0 Å². The zero-order valence-corrected chi connectivity index (χ0v) is 11.5. The first-order valence-electron chi connectivity index (χ1n) is 5.63. The van der Waals surface area contributed by atoms with Crippen LogP contribution < -0.4 is 11.6 Å². The van der Waals surface area contributed by atoms with Crippen LogP contribution in [0.5, 0.6) is 0 Å². The molecule has 0 radical (unpaired) electrons. The lowest BCUT2D eigenvalue weighted by Gasteiger charge is -2.15. The minimum Gasteiger partial charge on any atom is -0.387 e. The van der Waals surface area contributed by atoms with Gasteiger partial charge in [-0.1, -0.05) is 19.1 Å². The molecule has 0 aliphatic carbocycles. The minimum atomic E-state index is -2.69. The second-order valence-electron chi connectivity index (χ2n) is 4.23. The maximum Gasteiger partial charge on any atom is 0.694 e. The van der Waals surface area contributed by atoms with Gasteiger partial charge in [-0.25, -0.2) is 5.90 Å². The SMILES string of the molecule is CC(/C=C/[C@@H](O)[C@@H](N)CO[P+](=O)O)CC(C)ON. The zero-order chi connectivity index (χ0) is 14.1. The summed E-state index contributed by atoms with van der Waals surface area (Å²) in [7, 11) is -2.69. The van der Waals surface area contributed by atoms with Gasteiger partial charge in [-0.05, 0) is 19.3 Å². The van der Waals surface area contributed by atoms with Gasteiger partial charge >= 0.3 is 8.25 Å². The van der Waals surface area contributed by atoms with Crippen molar-refractivity contribution in [2.75, 3.05) is 6.61 Å². The number of rotatable bonds is 9. The predicted molar refractivity (Wildman–Crippen MR) is 67.4 cm³/mol.